The van der Waals surface area contributed by atoms with Crippen molar-refractivity contribution >= 4 is 11.6 Å². The van der Waals surface area contributed by atoms with E-state index < -0.39 is 0 Å². The molecule has 0 saturated carbocycles. The predicted molar refractivity (Wildman–Crippen MR) is 111 cm³/mol. The van der Waals surface area contributed by atoms with Crippen LogP contribution in [0.25, 0.3) is 0 Å². The molecule has 5 nitrogen and oxygen atoms in total. The van der Waals surface area contributed by atoms with Crippen molar-refractivity contribution < 1.29 is 5.11 Å². The summed E-state index contributed by atoms with van der Waals surface area (Å²) in [4.78, 5) is 7.30. The average molecular weight is 361 g/mol. The lowest BCUT2D eigenvalue weighted by Gasteiger charge is -2.30. The molecule has 1 unspecified atom stereocenters. The third kappa shape index (κ3) is 5.63. The molecular weight excluding hydrogens is 324 g/mol. The molecule has 0 radical (unpaired) electrons. The van der Waals surface area contributed by atoms with Gasteiger partial charge in [0.2, 0.25) is 0 Å². The number of nitrogens with one attached hydrogen (secondary N) is 2. The Bertz CT molecular complexity index is 542. The fraction of sp³-hybridized carbons (Fsp3) is 0.667. The van der Waals surface area contributed by atoms with E-state index in [2.05, 4.69) is 66.6 Å². The summed E-state index contributed by atoms with van der Waals surface area (Å²) in [5.74, 6) is 0.900. The van der Waals surface area contributed by atoms with Crippen LogP contribution in [0.15, 0.2) is 35.3 Å². The van der Waals surface area contributed by atoms with Crippen molar-refractivity contribution in [3.05, 3.63) is 30.3 Å². The number of aliphatic hydroxyl groups excluding tert-OH is 1. The monoisotopic (exact) mass is 360 g/mol. The van der Waals surface area contributed by atoms with Crippen LogP contribution in [-0.4, -0.2) is 49.9 Å². The highest BCUT2D eigenvalue weighted by Gasteiger charge is 2.26. The first-order valence-electron chi connectivity index (χ1n) is 10.1. The van der Waals surface area contributed by atoms with E-state index >= 15 is 0 Å². The van der Waals surface area contributed by atoms with Crippen molar-refractivity contribution in [2.24, 2.45) is 10.4 Å². The van der Waals surface area contributed by atoms with Crippen molar-refractivity contribution in [2.45, 2.75) is 52.5 Å². The van der Waals surface area contributed by atoms with Gasteiger partial charge < -0.3 is 20.6 Å². The number of benzene rings is 1. The number of aliphatic imine (C=N–C) groups is 1. The Morgan fingerprint density at radius 1 is 1.23 bits per heavy atom. The Morgan fingerprint density at radius 3 is 2.58 bits per heavy atom. The van der Waals surface area contributed by atoms with Crippen molar-refractivity contribution in [1.82, 2.24) is 10.6 Å². The lowest BCUT2D eigenvalue weighted by molar-refractivity contribution is 0.175. The smallest absolute Gasteiger partial charge is 0.191 e. The van der Waals surface area contributed by atoms with Crippen molar-refractivity contribution in [2.75, 3.05) is 37.7 Å². The first-order chi connectivity index (χ1) is 12.7. The molecule has 0 aromatic heterocycles. The molecule has 26 heavy (non-hydrogen) atoms. The molecule has 1 aromatic rings. The Morgan fingerprint density at radius 2 is 1.96 bits per heavy atom. The SMILES string of the molecule is CCNC(=NCC(CC)(CC)CCO)NC1CCN(c2ccccc2)C1. The molecule has 1 aromatic carbocycles. The number of para-hydroxylation sites is 1. The van der Waals surface area contributed by atoms with Gasteiger partial charge in [0.05, 0.1) is 0 Å². The van der Waals surface area contributed by atoms with Gasteiger partial charge in [-0.25, -0.2) is 0 Å². The summed E-state index contributed by atoms with van der Waals surface area (Å²) >= 11 is 0. The summed E-state index contributed by atoms with van der Waals surface area (Å²) in [6.07, 6.45) is 4.01. The Hall–Kier alpha value is -1.75. The molecule has 0 amide bonds. The summed E-state index contributed by atoms with van der Waals surface area (Å²) in [6, 6.07) is 11.0. The highest BCUT2D eigenvalue weighted by molar-refractivity contribution is 5.80. The fourth-order valence-corrected chi connectivity index (χ4v) is 3.65. The van der Waals surface area contributed by atoms with Gasteiger partial charge in [0.15, 0.2) is 5.96 Å². The summed E-state index contributed by atoms with van der Waals surface area (Å²) in [5, 5.41) is 16.4. The minimum absolute atomic E-state index is 0.100. The van der Waals surface area contributed by atoms with E-state index in [0.717, 1.165) is 57.8 Å². The number of rotatable bonds is 9. The normalized spacial score (nSPS) is 18.2. The van der Waals surface area contributed by atoms with Crippen LogP contribution >= 0.6 is 0 Å². The summed E-state index contributed by atoms with van der Waals surface area (Å²) in [5.41, 5.74) is 1.39. The third-order valence-corrected chi connectivity index (χ3v) is 5.71. The molecule has 1 aliphatic heterocycles. The molecule has 146 valence electrons. The van der Waals surface area contributed by atoms with Crippen LogP contribution in [0.3, 0.4) is 0 Å². The van der Waals surface area contributed by atoms with E-state index in [0.29, 0.717) is 6.04 Å². The van der Waals surface area contributed by atoms with Gasteiger partial charge >= 0.3 is 0 Å². The molecule has 1 heterocycles. The summed E-state index contributed by atoms with van der Waals surface area (Å²) in [7, 11) is 0. The first-order valence-corrected chi connectivity index (χ1v) is 10.1. The number of aliphatic hydroxyl groups is 1. The second-order valence-corrected chi connectivity index (χ2v) is 7.29. The van der Waals surface area contributed by atoms with Crippen LogP contribution in [0.5, 0.6) is 0 Å². The van der Waals surface area contributed by atoms with Crippen LogP contribution in [0.1, 0.15) is 46.5 Å². The molecule has 0 aliphatic carbocycles. The Balaban J connectivity index is 1.97. The molecule has 1 aliphatic rings. The second kappa shape index (κ2) is 10.4. The van der Waals surface area contributed by atoms with Crippen LogP contribution in [0.2, 0.25) is 0 Å². The molecule has 0 spiro atoms. The maximum Gasteiger partial charge on any atom is 0.191 e. The van der Waals surface area contributed by atoms with E-state index in [-0.39, 0.29) is 12.0 Å². The molecular formula is C21H36N4O. The fourth-order valence-electron chi connectivity index (χ4n) is 3.65. The zero-order valence-corrected chi connectivity index (χ0v) is 16.7. The molecule has 5 heteroatoms. The third-order valence-electron chi connectivity index (χ3n) is 5.71. The van der Waals surface area contributed by atoms with E-state index in [9.17, 15) is 5.11 Å². The minimum Gasteiger partial charge on any atom is -0.396 e. The molecule has 0 bridgehead atoms. The number of nitrogens with zero attached hydrogens (tertiary/aromatic N) is 2. The molecule has 2 rings (SSSR count). The van der Waals surface area contributed by atoms with Crippen molar-refractivity contribution in [1.29, 1.82) is 0 Å². The van der Waals surface area contributed by atoms with Gasteiger partial charge in [-0.3, -0.25) is 4.99 Å². The van der Waals surface area contributed by atoms with Gasteiger partial charge in [-0.2, -0.15) is 0 Å². The van der Waals surface area contributed by atoms with E-state index in [1.807, 2.05) is 0 Å². The Labute approximate surface area is 158 Å². The van der Waals surface area contributed by atoms with E-state index in [1.165, 1.54) is 5.69 Å². The topological polar surface area (TPSA) is 59.9 Å². The van der Waals surface area contributed by atoms with Crippen molar-refractivity contribution in [3.8, 4) is 0 Å². The molecule has 1 fully saturated rings. The van der Waals surface area contributed by atoms with E-state index in [4.69, 9.17) is 4.99 Å². The van der Waals surface area contributed by atoms with Crippen LogP contribution < -0.4 is 15.5 Å². The number of hydrogen-bond donors (Lipinski definition) is 3. The molecule has 3 N–H and O–H groups in total. The summed E-state index contributed by atoms with van der Waals surface area (Å²) in [6.45, 7) is 10.4. The zero-order chi connectivity index (χ0) is 18.8. The van der Waals surface area contributed by atoms with Gasteiger partial charge in [-0.15, -0.1) is 0 Å². The first kappa shape index (κ1) is 20.6. The van der Waals surface area contributed by atoms with E-state index in [1.54, 1.807) is 0 Å². The molecule has 1 saturated heterocycles. The second-order valence-electron chi connectivity index (χ2n) is 7.29. The van der Waals surface area contributed by atoms with Gasteiger partial charge in [-0.1, -0.05) is 32.0 Å². The average Bonchev–Trinajstić information content (AvgIpc) is 3.14. The van der Waals surface area contributed by atoms with Gasteiger partial charge in [0.1, 0.15) is 0 Å². The van der Waals surface area contributed by atoms with Gasteiger partial charge in [0, 0.05) is 44.5 Å². The van der Waals surface area contributed by atoms with Gasteiger partial charge in [0.25, 0.3) is 0 Å². The lowest BCUT2D eigenvalue weighted by atomic mass is 9.79. The number of guanidine groups is 1. The number of anilines is 1. The lowest BCUT2D eigenvalue weighted by Crippen LogP contribution is -2.45. The highest BCUT2D eigenvalue weighted by atomic mass is 16.3. The van der Waals surface area contributed by atoms with Gasteiger partial charge in [-0.05, 0) is 50.2 Å². The minimum atomic E-state index is 0.100. The van der Waals surface area contributed by atoms with Crippen LogP contribution in [0, 0.1) is 5.41 Å². The largest absolute Gasteiger partial charge is 0.396 e. The Kier molecular flexibility index (Phi) is 8.23. The van der Waals surface area contributed by atoms with Crippen molar-refractivity contribution in [3.63, 3.8) is 0 Å². The zero-order valence-electron chi connectivity index (χ0n) is 16.7. The maximum atomic E-state index is 9.41. The quantitative estimate of drug-likeness (QED) is 0.468. The predicted octanol–water partition coefficient (Wildman–Crippen LogP) is 3.01. The standard InChI is InChI=1S/C21H36N4O/c1-4-21(5-2,13-15-26)17-23-20(22-6-3)24-18-12-14-25(16-18)19-10-8-7-9-11-19/h7-11,18,26H,4-6,12-17H2,1-3H3,(H2,22,23,24). The summed E-state index contributed by atoms with van der Waals surface area (Å²) < 4.78 is 0. The maximum absolute atomic E-state index is 9.41. The van der Waals surface area contributed by atoms with Crippen LogP contribution in [-0.2, 0) is 0 Å². The molecule has 1 atom stereocenters. The van der Waals surface area contributed by atoms with Crippen LogP contribution in [0.4, 0.5) is 5.69 Å². The number of hydrogen-bond acceptors (Lipinski definition) is 3. The highest BCUT2D eigenvalue weighted by Crippen LogP contribution is 2.30.